The summed E-state index contributed by atoms with van der Waals surface area (Å²) in [7, 11) is 0. The Bertz CT molecular complexity index is 1000. The standard InChI is InChI=1S/C21H16N4O2S/c1-14-7-9-17(10-8-14)25-19(26)11-18(21(25)27)28-20(15(12-22)13-23)24-16-5-3-2-4-6-16/h2-10,18,24H,11H2,1H3/t18-/m1/s1. The van der Waals surface area contributed by atoms with Gasteiger partial charge in [0.1, 0.15) is 17.2 Å². The van der Waals surface area contributed by atoms with Gasteiger partial charge in [-0.05, 0) is 31.2 Å². The van der Waals surface area contributed by atoms with Crippen LogP contribution in [0, 0.1) is 29.6 Å². The minimum atomic E-state index is -0.711. The number of nitrogens with zero attached hydrogens (tertiary/aromatic N) is 3. The highest BCUT2D eigenvalue weighted by molar-refractivity contribution is 8.04. The molecule has 1 fully saturated rings. The van der Waals surface area contributed by atoms with Crippen LogP contribution in [0.25, 0.3) is 0 Å². The largest absolute Gasteiger partial charge is 0.349 e. The maximum Gasteiger partial charge on any atom is 0.247 e. The maximum absolute atomic E-state index is 12.9. The van der Waals surface area contributed by atoms with E-state index >= 15 is 0 Å². The van der Waals surface area contributed by atoms with E-state index in [0.717, 1.165) is 22.2 Å². The van der Waals surface area contributed by atoms with E-state index < -0.39 is 5.25 Å². The van der Waals surface area contributed by atoms with E-state index in [9.17, 15) is 20.1 Å². The summed E-state index contributed by atoms with van der Waals surface area (Å²) in [6.07, 6.45) is 0.00147. The highest BCUT2D eigenvalue weighted by atomic mass is 32.2. The van der Waals surface area contributed by atoms with Crippen LogP contribution >= 0.6 is 11.8 Å². The zero-order chi connectivity index (χ0) is 20.1. The Balaban J connectivity index is 1.85. The van der Waals surface area contributed by atoms with Gasteiger partial charge in [0.15, 0.2) is 5.57 Å². The molecule has 6 nitrogen and oxygen atoms in total. The molecule has 0 aromatic heterocycles. The molecule has 0 spiro atoms. The summed E-state index contributed by atoms with van der Waals surface area (Å²) in [6, 6.07) is 19.9. The molecule has 0 unspecified atom stereocenters. The van der Waals surface area contributed by atoms with Crippen LogP contribution in [-0.2, 0) is 9.59 Å². The molecule has 1 aliphatic heterocycles. The van der Waals surface area contributed by atoms with Crippen LogP contribution in [0.1, 0.15) is 12.0 Å². The number of aryl methyl sites for hydroxylation is 1. The van der Waals surface area contributed by atoms with Crippen molar-refractivity contribution < 1.29 is 9.59 Å². The third kappa shape index (κ3) is 4.06. The van der Waals surface area contributed by atoms with Gasteiger partial charge in [-0.1, -0.05) is 47.7 Å². The SMILES string of the molecule is Cc1ccc(N2C(=O)C[C@@H](SC(Nc3ccccc3)=C(C#N)C#N)C2=O)cc1. The Labute approximate surface area is 167 Å². The van der Waals surface area contributed by atoms with Gasteiger partial charge in [0.05, 0.1) is 10.9 Å². The zero-order valence-corrected chi connectivity index (χ0v) is 15.9. The molecule has 1 atom stereocenters. The minimum Gasteiger partial charge on any atom is -0.349 e. The van der Waals surface area contributed by atoms with Gasteiger partial charge in [-0.15, -0.1) is 0 Å². The minimum absolute atomic E-state index is 0.00147. The summed E-state index contributed by atoms with van der Waals surface area (Å²) in [6.45, 7) is 1.92. The number of rotatable bonds is 5. The number of anilines is 2. The van der Waals surface area contributed by atoms with Crippen LogP contribution < -0.4 is 10.2 Å². The van der Waals surface area contributed by atoms with Crippen LogP contribution in [0.2, 0.25) is 0 Å². The number of benzene rings is 2. The number of allylic oxidation sites excluding steroid dienone is 1. The topological polar surface area (TPSA) is 97.0 Å². The average molecular weight is 388 g/mol. The van der Waals surface area contributed by atoms with Gasteiger partial charge in [0.25, 0.3) is 0 Å². The molecule has 3 rings (SSSR count). The second-order valence-corrected chi connectivity index (χ2v) is 7.35. The molecule has 1 saturated heterocycles. The van der Waals surface area contributed by atoms with Gasteiger partial charge >= 0.3 is 0 Å². The van der Waals surface area contributed by atoms with E-state index in [4.69, 9.17) is 0 Å². The lowest BCUT2D eigenvalue weighted by Crippen LogP contribution is -2.31. The van der Waals surface area contributed by atoms with Gasteiger partial charge < -0.3 is 5.32 Å². The monoisotopic (exact) mass is 388 g/mol. The first kappa shape index (κ1) is 19.2. The summed E-state index contributed by atoms with van der Waals surface area (Å²) in [5, 5.41) is 21.1. The summed E-state index contributed by atoms with van der Waals surface area (Å²) < 4.78 is 0. The number of thioether (sulfide) groups is 1. The second-order valence-electron chi connectivity index (χ2n) is 6.13. The molecular formula is C21H16N4O2S. The molecule has 28 heavy (non-hydrogen) atoms. The third-order valence-corrected chi connectivity index (χ3v) is 5.33. The first-order valence-electron chi connectivity index (χ1n) is 8.50. The normalized spacial score (nSPS) is 15.7. The fourth-order valence-corrected chi connectivity index (χ4v) is 3.84. The van der Waals surface area contributed by atoms with Crippen LogP contribution in [0.15, 0.2) is 65.2 Å². The summed E-state index contributed by atoms with van der Waals surface area (Å²) in [5.41, 5.74) is 2.09. The van der Waals surface area contributed by atoms with Crippen molar-refractivity contribution >= 4 is 35.0 Å². The molecule has 1 N–H and O–H groups in total. The van der Waals surface area contributed by atoms with E-state index in [2.05, 4.69) is 5.32 Å². The second kappa shape index (κ2) is 8.43. The lowest BCUT2D eigenvalue weighted by Gasteiger charge is -2.16. The summed E-state index contributed by atoms with van der Waals surface area (Å²) in [5.74, 6) is -0.665. The Morgan fingerprint density at radius 2 is 1.71 bits per heavy atom. The predicted octanol–water partition coefficient (Wildman–Crippen LogP) is 3.73. The Morgan fingerprint density at radius 3 is 2.32 bits per heavy atom. The van der Waals surface area contributed by atoms with E-state index in [1.165, 1.54) is 0 Å². The molecule has 2 amide bonds. The predicted molar refractivity (Wildman–Crippen MR) is 108 cm³/mol. The molecule has 138 valence electrons. The highest BCUT2D eigenvalue weighted by Gasteiger charge is 2.40. The molecule has 0 saturated carbocycles. The first-order chi connectivity index (χ1) is 13.5. The number of hydrogen-bond acceptors (Lipinski definition) is 6. The van der Waals surface area contributed by atoms with Crippen molar-refractivity contribution in [1.82, 2.24) is 0 Å². The molecule has 2 aromatic carbocycles. The summed E-state index contributed by atoms with van der Waals surface area (Å²) >= 11 is 1.03. The smallest absolute Gasteiger partial charge is 0.247 e. The van der Waals surface area contributed by atoms with Gasteiger partial charge in [-0.2, -0.15) is 10.5 Å². The number of imide groups is 1. The van der Waals surface area contributed by atoms with E-state index in [0.29, 0.717) is 11.4 Å². The van der Waals surface area contributed by atoms with Crippen molar-refractivity contribution in [2.45, 2.75) is 18.6 Å². The quantitative estimate of drug-likeness (QED) is 0.619. The zero-order valence-electron chi connectivity index (χ0n) is 15.0. The summed E-state index contributed by atoms with van der Waals surface area (Å²) in [4.78, 5) is 26.5. The first-order valence-corrected chi connectivity index (χ1v) is 9.38. The van der Waals surface area contributed by atoms with E-state index in [1.807, 2.05) is 49.4 Å². The van der Waals surface area contributed by atoms with Gasteiger partial charge in [-0.25, -0.2) is 4.90 Å². The average Bonchev–Trinajstić information content (AvgIpc) is 2.97. The molecule has 0 aliphatic carbocycles. The molecular weight excluding hydrogens is 372 g/mol. The molecule has 7 heteroatoms. The van der Waals surface area contributed by atoms with Crippen molar-refractivity contribution in [3.8, 4) is 12.1 Å². The number of hydrogen-bond donors (Lipinski definition) is 1. The van der Waals surface area contributed by atoms with Gasteiger partial charge in [0, 0.05) is 12.1 Å². The van der Waals surface area contributed by atoms with Crippen LogP contribution in [-0.4, -0.2) is 17.1 Å². The molecule has 0 radical (unpaired) electrons. The van der Waals surface area contributed by atoms with E-state index in [1.54, 1.807) is 24.3 Å². The molecule has 2 aromatic rings. The fraction of sp³-hybridized carbons (Fsp3) is 0.143. The van der Waals surface area contributed by atoms with Gasteiger partial charge in [-0.3, -0.25) is 9.59 Å². The molecule has 1 aliphatic rings. The van der Waals surface area contributed by atoms with Gasteiger partial charge in [0.2, 0.25) is 11.8 Å². The Kier molecular flexibility index (Phi) is 5.78. The maximum atomic E-state index is 12.9. The fourth-order valence-electron chi connectivity index (χ4n) is 2.73. The number of carbonyl (C=O) groups excluding carboxylic acids is 2. The van der Waals surface area contributed by atoms with Crippen LogP contribution in [0.5, 0.6) is 0 Å². The van der Waals surface area contributed by atoms with Crippen molar-refractivity contribution in [2.24, 2.45) is 0 Å². The van der Waals surface area contributed by atoms with Crippen LogP contribution in [0.4, 0.5) is 11.4 Å². The third-order valence-electron chi connectivity index (χ3n) is 4.14. The lowest BCUT2D eigenvalue weighted by molar-refractivity contribution is -0.121. The Hall–Kier alpha value is -3.55. The number of amides is 2. The Morgan fingerprint density at radius 1 is 1.07 bits per heavy atom. The van der Waals surface area contributed by atoms with Crippen molar-refractivity contribution in [3.05, 3.63) is 70.8 Å². The molecule has 0 bridgehead atoms. The number of nitrogens with one attached hydrogen (secondary N) is 1. The van der Waals surface area contributed by atoms with Crippen molar-refractivity contribution in [1.29, 1.82) is 10.5 Å². The van der Waals surface area contributed by atoms with Crippen LogP contribution in [0.3, 0.4) is 0 Å². The number of carbonyl (C=O) groups is 2. The number of para-hydroxylation sites is 1. The molecule has 1 heterocycles. The lowest BCUT2D eigenvalue weighted by atomic mass is 10.2. The van der Waals surface area contributed by atoms with Crippen molar-refractivity contribution in [3.63, 3.8) is 0 Å². The highest BCUT2D eigenvalue weighted by Crippen LogP contribution is 2.35. The number of nitriles is 2. The van der Waals surface area contributed by atoms with E-state index in [-0.39, 0.29) is 28.8 Å². The van der Waals surface area contributed by atoms with Crippen molar-refractivity contribution in [2.75, 3.05) is 10.2 Å².